The highest BCUT2D eigenvalue weighted by Gasteiger charge is 2.28. The average Bonchev–Trinajstić information content (AvgIpc) is 3.08. The number of rotatable bonds is 7. The molecule has 7 rings (SSSR count). The Balaban J connectivity index is 1.28. The lowest BCUT2D eigenvalue weighted by Gasteiger charge is -2.27. The minimum atomic E-state index is 0.169. The molecule has 0 spiro atoms. The van der Waals surface area contributed by atoms with Crippen LogP contribution in [0.3, 0.4) is 0 Å². The number of para-hydroxylation sites is 1. The molecule has 0 aliphatic rings. The quantitative estimate of drug-likeness (QED) is 0.161. The molecular formula is C46H42BN. The monoisotopic (exact) mass is 619 g/mol. The van der Waals surface area contributed by atoms with E-state index in [0.29, 0.717) is 0 Å². The van der Waals surface area contributed by atoms with Crippen molar-refractivity contribution >= 4 is 50.9 Å². The third-order valence-electron chi connectivity index (χ3n) is 9.78. The maximum absolute atomic E-state index is 2.36. The van der Waals surface area contributed by atoms with Gasteiger partial charge in [0.25, 0.3) is 0 Å². The van der Waals surface area contributed by atoms with Crippen molar-refractivity contribution in [2.24, 2.45) is 0 Å². The normalized spacial score (nSPS) is 11.1. The largest absolute Gasteiger partial charge is 0.310 e. The van der Waals surface area contributed by atoms with Gasteiger partial charge in [-0.1, -0.05) is 165 Å². The van der Waals surface area contributed by atoms with Gasteiger partial charge in [0, 0.05) is 16.8 Å². The summed E-state index contributed by atoms with van der Waals surface area (Å²) in [4.78, 5) is 2.36. The van der Waals surface area contributed by atoms with Crippen LogP contribution in [0.4, 0.5) is 17.1 Å². The molecular weight excluding hydrogens is 577 g/mol. The van der Waals surface area contributed by atoms with Gasteiger partial charge in [-0.05, 0) is 88.4 Å². The minimum absolute atomic E-state index is 0.169. The van der Waals surface area contributed by atoms with Gasteiger partial charge in [-0.25, -0.2) is 0 Å². The lowest BCUT2D eigenvalue weighted by Crippen LogP contribution is -2.55. The Kier molecular flexibility index (Phi) is 8.50. The fourth-order valence-electron chi connectivity index (χ4n) is 7.85. The van der Waals surface area contributed by atoms with Gasteiger partial charge in [0.15, 0.2) is 0 Å². The Morgan fingerprint density at radius 3 is 1.44 bits per heavy atom. The van der Waals surface area contributed by atoms with Crippen LogP contribution in [0.15, 0.2) is 146 Å². The van der Waals surface area contributed by atoms with Crippen LogP contribution < -0.4 is 21.3 Å². The summed E-state index contributed by atoms with van der Waals surface area (Å²) < 4.78 is 0. The molecule has 0 atom stereocenters. The number of aryl methyl sites for hydroxylation is 6. The van der Waals surface area contributed by atoms with E-state index in [0.717, 1.165) is 11.4 Å². The zero-order valence-electron chi connectivity index (χ0n) is 28.9. The first-order valence-corrected chi connectivity index (χ1v) is 17.0. The number of nitrogens with zero attached hydrogens (tertiary/aromatic N) is 1. The topological polar surface area (TPSA) is 3.24 Å². The second-order valence-electron chi connectivity index (χ2n) is 13.4. The Labute approximate surface area is 286 Å². The standard InChI is InChI=1S/C46H42BN/c1-31-27-33(3)45(34(4)28-31)47(46-35(5)29-32(2)30-36(46)6)40-23-19-37(20-24-40)38-21-25-42(26-22-38)48(41-15-8-7-9-16-41)44-18-12-14-39-13-10-11-17-43(39)44/h7-30H,1-6H3. The van der Waals surface area contributed by atoms with Gasteiger partial charge < -0.3 is 4.90 Å². The lowest BCUT2D eigenvalue weighted by atomic mass is 9.34. The van der Waals surface area contributed by atoms with Crippen molar-refractivity contribution < 1.29 is 0 Å². The number of anilines is 3. The zero-order valence-corrected chi connectivity index (χ0v) is 28.9. The molecule has 2 heteroatoms. The zero-order chi connectivity index (χ0) is 33.4. The Morgan fingerprint density at radius 1 is 0.417 bits per heavy atom. The average molecular weight is 620 g/mol. The smallest absolute Gasteiger partial charge is 0.242 e. The summed E-state index contributed by atoms with van der Waals surface area (Å²) in [5, 5.41) is 2.47. The molecule has 0 aliphatic carbocycles. The van der Waals surface area contributed by atoms with Crippen LogP contribution in [0.5, 0.6) is 0 Å². The van der Waals surface area contributed by atoms with Crippen LogP contribution in [0.1, 0.15) is 33.4 Å². The summed E-state index contributed by atoms with van der Waals surface area (Å²) >= 11 is 0. The van der Waals surface area contributed by atoms with E-state index in [4.69, 9.17) is 0 Å². The summed E-state index contributed by atoms with van der Waals surface area (Å²) in [5.41, 5.74) is 18.1. The van der Waals surface area contributed by atoms with Crippen LogP contribution in [-0.2, 0) is 0 Å². The summed E-state index contributed by atoms with van der Waals surface area (Å²) in [7, 11) is 0. The molecule has 0 bridgehead atoms. The number of fused-ring (bicyclic) bond motifs is 1. The van der Waals surface area contributed by atoms with Gasteiger partial charge in [0.2, 0.25) is 6.71 Å². The summed E-state index contributed by atoms with van der Waals surface area (Å²) in [6.45, 7) is 13.7. The Morgan fingerprint density at radius 2 is 0.875 bits per heavy atom. The van der Waals surface area contributed by atoms with E-state index >= 15 is 0 Å². The van der Waals surface area contributed by atoms with Crippen molar-refractivity contribution in [3.05, 3.63) is 179 Å². The molecule has 0 heterocycles. The highest BCUT2D eigenvalue weighted by Crippen LogP contribution is 2.39. The van der Waals surface area contributed by atoms with Crippen LogP contribution >= 0.6 is 0 Å². The van der Waals surface area contributed by atoms with Gasteiger partial charge in [-0.15, -0.1) is 0 Å². The molecule has 0 saturated carbocycles. The van der Waals surface area contributed by atoms with Crippen molar-refractivity contribution in [1.29, 1.82) is 0 Å². The predicted octanol–water partition coefficient (Wildman–Crippen LogP) is 10.3. The van der Waals surface area contributed by atoms with E-state index < -0.39 is 0 Å². The molecule has 0 aliphatic heterocycles. The highest BCUT2D eigenvalue weighted by molar-refractivity contribution is 6.96. The lowest BCUT2D eigenvalue weighted by molar-refractivity contribution is 1.30. The summed E-state index contributed by atoms with van der Waals surface area (Å²) in [5.74, 6) is 0. The summed E-state index contributed by atoms with van der Waals surface area (Å²) in [6.07, 6.45) is 0. The minimum Gasteiger partial charge on any atom is -0.310 e. The van der Waals surface area contributed by atoms with Crippen molar-refractivity contribution in [2.45, 2.75) is 41.5 Å². The first-order chi connectivity index (χ1) is 23.3. The highest BCUT2D eigenvalue weighted by atomic mass is 15.1. The van der Waals surface area contributed by atoms with Gasteiger partial charge in [0.05, 0.1) is 5.69 Å². The number of hydrogen-bond acceptors (Lipinski definition) is 1. The van der Waals surface area contributed by atoms with Crippen molar-refractivity contribution in [1.82, 2.24) is 0 Å². The van der Waals surface area contributed by atoms with Gasteiger partial charge in [-0.3, -0.25) is 0 Å². The third-order valence-corrected chi connectivity index (χ3v) is 9.78. The molecule has 7 aromatic rings. The predicted molar refractivity (Wildman–Crippen MR) is 210 cm³/mol. The molecule has 0 N–H and O–H groups in total. The molecule has 1 nitrogen and oxygen atoms in total. The van der Waals surface area contributed by atoms with Gasteiger partial charge in [-0.2, -0.15) is 0 Å². The molecule has 0 amide bonds. The SMILES string of the molecule is Cc1cc(C)c(B(c2ccc(-c3ccc(N(c4ccccc4)c4cccc5ccccc45)cc3)cc2)c2c(C)cc(C)cc2C)c(C)c1. The molecule has 0 aromatic heterocycles. The number of hydrogen-bond donors (Lipinski definition) is 0. The van der Waals surface area contributed by atoms with Crippen molar-refractivity contribution in [3.63, 3.8) is 0 Å². The van der Waals surface area contributed by atoms with E-state index in [1.54, 1.807) is 0 Å². The van der Waals surface area contributed by atoms with E-state index in [-0.39, 0.29) is 6.71 Å². The molecule has 0 saturated heterocycles. The van der Waals surface area contributed by atoms with Crippen molar-refractivity contribution in [2.75, 3.05) is 4.90 Å². The Hall–Kier alpha value is -5.34. The molecule has 0 fully saturated rings. The van der Waals surface area contributed by atoms with E-state index in [9.17, 15) is 0 Å². The van der Waals surface area contributed by atoms with Crippen LogP contribution in [-0.4, -0.2) is 6.71 Å². The Bertz CT molecular complexity index is 2120. The maximum Gasteiger partial charge on any atom is 0.242 e. The van der Waals surface area contributed by atoms with Gasteiger partial charge in [0.1, 0.15) is 0 Å². The second-order valence-corrected chi connectivity index (χ2v) is 13.4. The van der Waals surface area contributed by atoms with E-state index in [1.807, 2.05) is 0 Å². The third kappa shape index (κ3) is 5.95. The first-order valence-electron chi connectivity index (χ1n) is 17.0. The molecule has 48 heavy (non-hydrogen) atoms. The second kappa shape index (κ2) is 13.0. The van der Waals surface area contributed by atoms with Crippen molar-refractivity contribution in [3.8, 4) is 11.1 Å². The maximum atomic E-state index is 2.36. The fourth-order valence-corrected chi connectivity index (χ4v) is 7.85. The van der Waals surface area contributed by atoms with E-state index in [1.165, 1.54) is 77.4 Å². The van der Waals surface area contributed by atoms with Crippen LogP contribution in [0.25, 0.3) is 21.9 Å². The first kappa shape index (κ1) is 31.3. The molecule has 234 valence electrons. The summed E-state index contributed by atoms with van der Waals surface area (Å²) in [6, 6.07) is 53.5. The number of benzene rings is 7. The molecule has 0 radical (unpaired) electrons. The van der Waals surface area contributed by atoms with Crippen LogP contribution in [0, 0.1) is 41.5 Å². The van der Waals surface area contributed by atoms with Crippen LogP contribution in [0.2, 0.25) is 0 Å². The van der Waals surface area contributed by atoms with E-state index in [2.05, 4.69) is 192 Å². The molecule has 7 aromatic carbocycles. The fraction of sp³-hybridized carbons (Fsp3) is 0.130. The van der Waals surface area contributed by atoms with Gasteiger partial charge >= 0.3 is 0 Å². The molecule has 0 unspecified atom stereocenters.